The monoisotopic (exact) mass is 415 g/mol. The Labute approximate surface area is 179 Å². The lowest BCUT2D eigenvalue weighted by atomic mass is 9.97. The zero-order valence-corrected chi connectivity index (χ0v) is 17.4. The van der Waals surface area contributed by atoms with Crippen LogP contribution in [0.2, 0.25) is 0 Å². The summed E-state index contributed by atoms with van der Waals surface area (Å²) in [5.41, 5.74) is 2.23. The quantitative estimate of drug-likeness (QED) is 0.494. The molecule has 4 aromatic rings. The molecule has 1 N–H and O–H groups in total. The molecule has 0 bridgehead atoms. The minimum absolute atomic E-state index is 0.0718. The van der Waals surface area contributed by atoms with Crippen molar-refractivity contribution in [3.8, 4) is 22.6 Å². The number of benzene rings is 3. The molecule has 0 atom stereocenters. The number of carbonyl (C=O) groups excluding carboxylic acids is 1. The van der Waals surface area contributed by atoms with Crippen LogP contribution in [0.3, 0.4) is 0 Å². The predicted molar refractivity (Wildman–Crippen MR) is 120 cm³/mol. The van der Waals surface area contributed by atoms with Gasteiger partial charge in [0, 0.05) is 17.0 Å². The van der Waals surface area contributed by atoms with Crippen LogP contribution in [0, 0.1) is 6.92 Å². The number of amides is 1. The molecule has 3 aromatic carbocycles. The normalized spacial score (nSPS) is 10.7. The van der Waals surface area contributed by atoms with Gasteiger partial charge in [-0.2, -0.15) is 0 Å². The van der Waals surface area contributed by atoms with E-state index in [9.17, 15) is 9.59 Å². The third-order valence-electron chi connectivity index (χ3n) is 5.04. The maximum atomic E-state index is 13.3. The Balaban J connectivity index is 1.89. The SMILES string of the molecule is COc1ccc(OC)c(NC(=O)c2oc(=O)c3ccccc3c2-c2ccc(C)cc2)c1. The summed E-state index contributed by atoms with van der Waals surface area (Å²) in [6.45, 7) is 1.98. The summed E-state index contributed by atoms with van der Waals surface area (Å²) < 4.78 is 16.1. The van der Waals surface area contributed by atoms with Crippen molar-refractivity contribution in [1.82, 2.24) is 0 Å². The molecule has 0 unspecified atom stereocenters. The van der Waals surface area contributed by atoms with Gasteiger partial charge in [-0.25, -0.2) is 4.79 Å². The van der Waals surface area contributed by atoms with Crippen LogP contribution in [-0.4, -0.2) is 20.1 Å². The van der Waals surface area contributed by atoms with Crippen LogP contribution < -0.4 is 20.4 Å². The highest BCUT2D eigenvalue weighted by atomic mass is 16.5. The number of fused-ring (bicyclic) bond motifs is 1. The van der Waals surface area contributed by atoms with Gasteiger partial charge in [0.1, 0.15) is 11.5 Å². The molecular weight excluding hydrogens is 394 g/mol. The number of hydrogen-bond donors (Lipinski definition) is 1. The predicted octanol–water partition coefficient (Wildman–Crippen LogP) is 5.04. The topological polar surface area (TPSA) is 77.8 Å². The van der Waals surface area contributed by atoms with Gasteiger partial charge < -0.3 is 19.2 Å². The Bertz CT molecular complexity index is 1320. The second kappa shape index (κ2) is 8.36. The summed E-state index contributed by atoms with van der Waals surface area (Å²) in [6.07, 6.45) is 0. The number of nitrogens with one attached hydrogen (secondary N) is 1. The molecule has 31 heavy (non-hydrogen) atoms. The number of aryl methyl sites for hydroxylation is 1. The minimum atomic E-state index is -0.575. The lowest BCUT2D eigenvalue weighted by Gasteiger charge is -2.14. The highest BCUT2D eigenvalue weighted by Gasteiger charge is 2.22. The number of anilines is 1. The standard InChI is InChI=1S/C25H21NO5/c1-15-8-10-16(11-9-15)22-18-6-4-5-7-19(18)25(28)31-23(22)24(27)26-20-14-17(29-2)12-13-21(20)30-3/h4-14H,1-3H3,(H,26,27). The fourth-order valence-electron chi connectivity index (χ4n) is 3.46. The van der Waals surface area contributed by atoms with Crippen molar-refractivity contribution in [2.75, 3.05) is 19.5 Å². The van der Waals surface area contributed by atoms with Gasteiger partial charge in [0.2, 0.25) is 5.76 Å². The summed E-state index contributed by atoms with van der Waals surface area (Å²) in [6, 6.07) is 19.8. The van der Waals surface area contributed by atoms with Crippen LogP contribution in [0.5, 0.6) is 11.5 Å². The fraction of sp³-hybridized carbons (Fsp3) is 0.120. The zero-order chi connectivity index (χ0) is 22.0. The highest BCUT2D eigenvalue weighted by molar-refractivity contribution is 6.12. The molecule has 1 heterocycles. The Morgan fingerprint density at radius 1 is 0.903 bits per heavy atom. The van der Waals surface area contributed by atoms with E-state index in [0.29, 0.717) is 33.5 Å². The molecule has 1 amide bonds. The second-order valence-corrected chi connectivity index (χ2v) is 7.03. The van der Waals surface area contributed by atoms with E-state index in [0.717, 1.165) is 11.1 Å². The molecule has 0 radical (unpaired) electrons. The molecule has 6 heteroatoms. The van der Waals surface area contributed by atoms with Gasteiger partial charge in [-0.05, 0) is 30.7 Å². The molecule has 0 aliphatic carbocycles. The van der Waals surface area contributed by atoms with Crippen molar-refractivity contribution >= 4 is 22.4 Å². The maximum Gasteiger partial charge on any atom is 0.344 e. The van der Waals surface area contributed by atoms with Gasteiger partial charge in [0.05, 0.1) is 25.3 Å². The van der Waals surface area contributed by atoms with Gasteiger partial charge in [0.15, 0.2) is 0 Å². The average molecular weight is 415 g/mol. The Morgan fingerprint density at radius 2 is 1.61 bits per heavy atom. The van der Waals surface area contributed by atoms with E-state index < -0.39 is 11.5 Å². The van der Waals surface area contributed by atoms with Gasteiger partial charge in [0.25, 0.3) is 5.91 Å². The number of methoxy groups -OCH3 is 2. The molecule has 156 valence electrons. The van der Waals surface area contributed by atoms with E-state index in [2.05, 4.69) is 5.32 Å². The third kappa shape index (κ3) is 3.88. The van der Waals surface area contributed by atoms with Gasteiger partial charge in [-0.3, -0.25) is 4.79 Å². The smallest absolute Gasteiger partial charge is 0.344 e. The Morgan fingerprint density at radius 3 is 2.29 bits per heavy atom. The fourth-order valence-corrected chi connectivity index (χ4v) is 3.46. The van der Waals surface area contributed by atoms with Crippen molar-refractivity contribution in [3.05, 3.63) is 88.5 Å². The zero-order valence-electron chi connectivity index (χ0n) is 17.4. The molecule has 1 aromatic heterocycles. The van der Waals surface area contributed by atoms with Crippen molar-refractivity contribution in [2.24, 2.45) is 0 Å². The van der Waals surface area contributed by atoms with Gasteiger partial charge in [-0.1, -0.05) is 48.0 Å². The van der Waals surface area contributed by atoms with Gasteiger partial charge in [-0.15, -0.1) is 0 Å². The lowest BCUT2D eigenvalue weighted by molar-refractivity contribution is 0.0993. The number of rotatable bonds is 5. The first-order valence-corrected chi connectivity index (χ1v) is 9.68. The molecule has 0 aliphatic heterocycles. The van der Waals surface area contributed by atoms with Crippen LogP contribution in [0.4, 0.5) is 5.69 Å². The number of ether oxygens (including phenoxy) is 2. The molecule has 0 aliphatic rings. The second-order valence-electron chi connectivity index (χ2n) is 7.03. The summed E-state index contributed by atoms with van der Waals surface area (Å²) in [7, 11) is 3.04. The Hall–Kier alpha value is -4.06. The first kappa shape index (κ1) is 20.2. The third-order valence-corrected chi connectivity index (χ3v) is 5.04. The van der Waals surface area contributed by atoms with Crippen molar-refractivity contribution in [1.29, 1.82) is 0 Å². The van der Waals surface area contributed by atoms with Crippen LogP contribution in [-0.2, 0) is 0 Å². The van der Waals surface area contributed by atoms with Crippen molar-refractivity contribution in [3.63, 3.8) is 0 Å². The maximum absolute atomic E-state index is 13.3. The Kier molecular flexibility index (Phi) is 5.45. The molecule has 0 saturated carbocycles. The molecule has 0 spiro atoms. The number of carbonyl (C=O) groups is 1. The number of hydrogen-bond acceptors (Lipinski definition) is 5. The summed E-state index contributed by atoms with van der Waals surface area (Å²) >= 11 is 0. The summed E-state index contributed by atoms with van der Waals surface area (Å²) in [4.78, 5) is 25.9. The first-order chi connectivity index (χ1) is 15.0. The minimum Gasteiger partial charge on any atom is -0.497 e. The van der Waals surface area contributed by atoms with Crippen LogP contribution in [0.25, 0.3) is 21.9 Å². The highest BCUT2D eigenvalue weighted by Crippen LogP contribution is 2.33. The molecular formula is C25H21NO5. The van der Waals surface area contributed by atoms with Gasteiger partial charge >= 0.3 is 5.63 Å². The van der Waals surface area contributed by atoms with E-state index >= 15 is 0 Å². The van der Waals surface area contributed by atoms with Crippen LogP contribution in [0.1, 0.15) is 16.1 Å². The van der Waals surface area contributed by atoms with E-state index in [1.165, 1.54) is 14.2 Å². The van der Waals surface area contributed by atoms with E-state index in [-0.39, 0.29) is 5.76 Å². The van der Waals surface area contributed by atoms with E-state index in [1.54, 1.807) is 30.3 Å². The average Bonchev–Trinajstić information content (AvgIpc) is 2.79. The van der Waals surface area contributed by atoms with Crippen molar-refractivity contribution < 1.29 is 18.7 Å². The van der Waals surface area contributed by atoms with Crippen LogP contribution in [0.15, 0.2) is 75.9 Å². The van der Waals surface area contributed by atoms with Crippen molar-refractivity contribution in [2.45, 2.75) is 6.92 Å². The van der Waals surface area contributed by atoms with Crippen LogP contribution >= 0.6 is 0 Å². The summed E-state index contributed by atoms with van der Waals surface area (Å²) in [5, 5.41) is 3.84. The molecule has 6 nitrogen and oxygen atoms in total. The van der Waals surface area contributed by atoms with E-state index in [1.807, 2.05) is 43.3 Å². The van der Waals surface area contributed by atoms with E-state index in [4.69, 9.17) is 13.9 Å². The molecule has 0 fully saturated rings. The molecule has 0 saturated heterocycles. The largest absolute Gasteiger partial charge is 0.497 e. The molecule has 4 rings (SSSR count). The first-order valence-electron chi connectivity index (χ1n) is 9.68. The lowest BCUT2D eigenvalue weighted by Crippen LogP contribution is -2.17. The summed E-state index contributed by atoms with van der Waals surface area (Å²) in [5.74, 6) is 0.367.